The maximum absolute atomic E-state index is 6.28. The van der Waals surface area contributed by atoms with Gasteiger partial charge < -0.3 is 41.2 Å². The monoisotopic (exact) mass is 1160 g/mol. The van der Waals surface area contributed by atoms with E-state index in [1.54, 1.807) is 0 Å². The average molecular weight is 1170 g/mol. The molecule has 0 N–H and O–H groups in total. The Morgan fingerprint density at radius 2 is 0.317 bits per heavy atom. The first-order valence-corrected chi connectivity index (χ1v) is 63.2. The summed E-state index contributed by atoms with van der Waals surface area (Å²) in [7, 11) is -22.0. The van der Waals surface area contributed by atoms with Crippen LogP contribution in [0.25, 0.3) is 0 Å². The van der Waals surface area contributed by atoms with Gasteiger partial charge in [0.25, 0.3) is 0 Å². The summed E-state index contributed by atoms with van der Waals surface area (Å²) in [5.41, 5.74) is 0. The summed E-state index contributed by atoms with van der Waals surface area (Å²) < 4.78 is 61.1. The zero-order valence-corrected chi connectivity index (χ0v) is 62.8. The molecule has 0 saturated carbocycles. The molecule has 0 heterocycles. The predicted molar refractivity (Wildman–Crippen MR) is 291 cm³/mol. The molecular weight excluding hydrogens is 1060 g/mol. The summed E-state index contributed by atoms with van der Waals surface area (Å²) in [5, 5.41) is 0. The Kier molecular flexibility index (Phi) is 35.7. The van der Waals surface area contributed by atoms with Crippen molar-refractivity contribution in [2.45, 2.75) is 223 Å². The molecule has 0 bridgehead atoms. The Balaban J connectivity index is -0.000000162. The van der Waals surface area contributed by atoms with Crippen molar-refractivity contribution < 1.29 is 78.3 Å². The van der Waals surface area contributed by atoms with Crippen molar-refractivity contribution in [2.24, 2.45) is 0 Å². The predicted octanol–water partition coefficient (Wildman–Crippen LogP) is 13.8. The van der Waals surface area contributed by atoms with Crippen LogP contribution >= 0.6 is 0 Å². The molecule has 0 spiro atoms. The van der Waals surface area contributed by atoms with Crippen molar-refractivity contribution in [2.75, 3.05) is 0 Å². The van der Waals surface area contributed by atoms with Gasteiger partial charge in [0.1, 0.15) is 0 Å². The van der Waals surface area contributed by atoms with E-state index in [1.165, 1.54) is 0 Å². The van der Waals surface area contributed by atoms with E-state index in [1.807, 2.05) is 0 Å². The molecule has 0 aliphatic carbocycles. The van der Waals surface area contributed by atoms with Crippen LogP contribution in [-0.2, 0) is 78.3 Å². The summed E-state index contributed by atoms with van der Waals surface area (Å²) >= 11 is 0. The van der Waals surface area contributed by atoms with Crippen molar-refractivity contribution in [1.29, 1.82) is 0 Å². The van der Waals surface area contributed by atoms with Gasteiger partial charge in [-0.2, -0.15) is 0 Å². The topological polar surface area (TPSA) is 92.3 Å². The van der Waals surface area contributed by atoms with Crippen LogP contribution in [0.2, 0.25) is 223 Å². The molecule has 364 valence electrons. The summed E-state index contributed by atoms with van der Waals surface area (Å²) in [6, 6.07) is 0. The van der Waals surface area contributed by atoms with Crippen molar-refractivity contribution in [1.82, 2.24) is 0 Å². The van der Waals surface area contributed by atoms with E-state index in [4.69, 9.17) is 41.2 Å². The van der Waals surface area contributed by atoms with Gasteiger partial charge in [0.05, 0.1) is 0 Å². The quantitative estimate of drug-likeness (QED) is 0.110. The first-order chi connectivity index (χ1) is 24.5. The second-order valence-electron chi connectivity index (χ2n) is 23.9. The fourth-order valence-corrected chi connectivity index (χ4v) is 62.7. The Hall–Kier alpha value is 3.81. The van der Waals surface area contributed by atoms with E-state index in [-0.39, 0.29) is 37.1 Å². The first kappa shape index (κ1) is 75.3. The molecule has 0 aromatic heterocycles. The van der Waals surface area contributed by atoms with Crippen LogP contribution in [-0.4, -0.2) is 119 Å². The van der Waals surface area contributed by atoms with Crippen molar-refractivity contribution in [3.63, 3.8) is 0 Å². The fraction of sp³-hybridized carbons (Fsp3) is 1.00. The minimum absolute atomic E-state index is 0. The molecular formula is C34H102O10Si14V2. The first-order valence-electron chi connectivity index (χ1n) is 21.1. The van der Waals surface area contributed by atoms with Gasteiger partial charge in [-0.3, -0.25) is 0 Å². The average Bonchev–Trinajstić information content (AvgIpc) is 2.64. The molecule has 0 amide bonds. The molecule has 4 radical (unpaired) electrons. The van der Waals surface area contributed by atoms with Crippen LogP contribution in [0.5, 0.6) is 0 Å². The van der Waals surface area contributed by atoms with E-state index >= 15 is 0 Å². The second kappa shape index (κ2) is 28.5. The summed E-state index contributed by atoms with van der Waals surface area (Å²) in [6.07, 6.45) is 0. The molecule has 0 fully saturated rings. The molecule has 0 atom stereocenters. The molecule has 0 aliphatic heterocycles. The molecule has 0 rings (SSSR count). The van der Waals surface area contributed by atoms with Crippen LogP contribution in [0, 0.1) is 0 Å². The molecule has 26 heteroatoms. The molecule has 0 unspecified atom stereocenters. The zero-order chi connectivity index (χ0) is 48.2. The van der Waals surface area contributed by atoms with Crippen LogP contribution in [0.4, 0.5) is 0 Å². The molecule has 10 nitrogen and oxygen atoms in total. The normalized spacial score (nSPS) is 14.2. The molecule has 0 aromatic rings. The molecule has 0 aromatic carbocycles. The van der Waals surface area contributed by atoms with Gasteiger partial charge in [0, 0.05) is 37.1 Å². The molecule has 60 heavy (non-hydrogen) atoms. The number of hydrogen-bond donors (Lipinski definition) is 0. The smallest absolute Gasteiger partial charge is 0.312 e. The van der Waals surface area contributed by atoms with Gasteiger partial charge in [0.2, 0.25) is 0 Å². The van der Waals surface area contributed by atoms with Crippen LogP contribution < -0.4 is 0 Å². The third-order valence-corrected chi connectivity index (χ3v) is 46.8. The van der Waals surface area contributed by atoms with Gasteiger partial charge in [0.15, 0.2) is 68.0 Å². The van der Waals surface area contributed by atoms with Crippen LogP contribution in [0.3, 0.4) is 0 Å². The summed E-state index contributed by atoms with van der Waals surface area (Å²) in [4.78, 5) is 0. The Morgan fingerprint density at radius 3 is 0.417 bits per heavy atom. The van der Waals surface area contributed by atoms with Gasteiger partial charge in [-0.05, 0) is 223 Å². The minimum Gasteiger partial charge on any atom is -0.437 e. The van der Waals surface area contributed by atoms with Gasteiger partial charge >= 0.3 is 51.4 Å². The maximum Gasteiger partial charge on any atom is 0.312 e. The number of hydrogen-bond acceptors (Lipinski definition) is 10. The van der Waals surface area contributed by atoms with E-state index in [9.17, 15) is 0 Å². The van der Waals surface area contributed by atoms with Crippen molar-refractivity contribution in [3.05, 3.63) is 0 Å². The van der Waals surface area contributed by atoms with Gasteiger partial charge in [-0.15, -0.1) is 0 Å². The largest absolute Gasteiger partial charge is 0.437 e. The van der Waals surface area contributed by atoms with Crippen LogP contribution in [0.15, 0.2) is 0 Å². The van der Waals surface area contributed by atoms with Gasteiger partial charge in [-0.25, -0.2) is 0 Å². The van der Waals surface area contributed by atoms with E-state index < -0.39 is 119 Å². The number of rotatable bonds is 20. The Morgan fingerprint density at radius 1 is 0.200 bits per heavy atom. The fourth-order valence-electron chi connectivity index (χ4n) is 6.72. The maximum atomic E-state index is 6.28. The van der Waals surface area contributed by atoms with E-state index in [0.29, 0.717) is 0 Å². The summed E-state index contributed by atoms with van der Waals surface area (Å²) in [5.74, 6) is 0. The Labute approximate surface area is 416 Å². The molecule has 0 saturated heterocycles. The zero-order valence-electron chi connectivity index (χ0n) is 46.0. The standard InChI is InChI=1S/2C10H30O3Si4.C8H24O2Si3.C6H18O2Si3.2V/c2*1-14(2,3)11-16(7,8)13-17(9,10)12-15(4,5)6;1-11(2,3)9-13(7,8)10-12(4,5)6;1-9(2)7-11(5,6)8-10(3)4;;/h2*1-10H3;1-8H3;1-6H3;;. The minimum atomic E-state index is -2.05. The van der Waals surface area contributed by atoms with Crippen molar-refractivity contribution in [3.8, 4) is 0 Å². The Bertz CT molecular complexity index is 1010. The third kappa shape index (κ3) is 59.8. The van der Waals surface area contributed by atoms with Crippen molar-refractivity contribution >= 4 is 119 Å². The molecule has 0 aliphatic rings. The van der Waals surface area contributed by atoms with Crippen LogP contribution in [0.1, 0.15) is 0 Å². The van der Waals surface area contributed by atoms with E-state index in [2.05, 4.69) is 223 Å². The third-order valence-electron chi connectivity index (χ3n) is 5.19. The van der Waals surface area contributed by atoms with E-state index in [0.717, 1.165) is 0 Å². The van der Waals surface area contributed by atoms with Gasteiger partial charge in [-0.1, -0.05) is 0 Å². The second-order valence-corrected chi connectivity index (χ2v) is 77.9. The SMILES string of the molecule is C[Si](C)(C)O[Si](C)(C)O[Si](C)(C)C.C[Si](C)(C)O[Si](C)(C)O[Si](C)(C)O[Si](C)(C)C.C[Si](C)(C)O[Si](C)(C)O[Si](C)(C)O[Si](C)(C)C.C[Si](C)O[Si](C)(C)O[Si](C)C.[V].[V]. The summed E-state index contributed by atoms with van der Waals surface area (Å²) in [6.45, 7) is 74.0.